The van der Waals surface area contributed by atoms with E-state index in [9.17, 15) is 0 Å². The molecular weight excluding hydrogens is 238 g/mol. The van der Waals surface area contributed by atoms with Crippen molar-refractivity contribution >= 4 is 0 Å². The van der Waals surface area contributed by atoms with Crippen LogP contribution >= 0.6 is 0 Å². The van der Waals surface area contributed by atoms with Crippen molar-refractivity contribution in [3.05, 3.63) is 30.3 Å². The summed E-state index contributed by atoms with van der Waals surface area (Å²) in [6.45, 7) is 4.12. The molecule has 1 aliphatic rings. The molecule has 0 aromatic heterocycles. The molecular formula is C16H25NO2. The van der Waals surface area contributed by atoms with Crippen LogP contribution in [0.2, 0.25) is 0 Å². The summed E-state index contributed by atoms with van der Waals surface area (Å²) in [5.74, 6) is 1.70. The highest BCUT2D eigenvalue weighted by Gasteiger charge is 2.33. The molecule has 2 rings (SSSR count). The molecule has 1 saturated carbocycles. The highest BCUT2D eigenvalue weighted by molar-refractivity contribution is 5.20. The van der Waals surface area contributed by atoms with Crippen LogP contribution in [0, 0.1) is 5.92 Å². The highest BCUT2D eigenvalue weighted by atomic mass is 16.5. The Morgan fingerprint density at radius 2 is 1.84 bits per heavy atom. The number of ether oxygens (including phenoxy) is 2. The molecule has 1 fully saturated rings. The molecule has 0 heterocycles. The van der Waals surface area contributed by atoms with Crippen LogP contribution < -0.4 is 10.5 Å². The third-order valence-corrected chi connectivity index (χ3v) is 4.06. The fourth-order valence-electron chi connectivity index (χ4n) is 2.63. The summed E-state index contributed by atoms with van der Waals surface area (Å²) in [7, 11) is 0. The quantitative estimate of drug-likeness (QED) is 0.802. The lowest BCUT2D eigenvalue weighted by molar-refractivity contribution is -0.0776. The van der Waals surface area contributed by atoms with Crippen LogP contribution in [-0.2, 0) is 4.74 Å². The molecule has 3 heteroatoms. The second kappa shape index (κ2) is 6.92. The van der Waals surface area contributed by atoms with E-state index in [2.05, 4.69) is 6.92 Å². The third-order valence-electron chi connectivity index (χ3n) is 4.06. The maximum Gasteiger partial charge on any atom is 0.119 e. The lowest BCUT2D eigenvalue weighted by Gasteiger charge is -2.38. The van der Waals surface area contributed by atoms with Gasteiger partial charge in [-0.15, -0.1) is 0 Å². The summed E-state index contributed by atoms with van der Waals surface area (Å²) in [5.41, 5.74) is 5.81. The van der Waals surface area contributed by atoms with E-state index >= 15 is 0 Å². The van der Waals surface area contributed by atoms with E-state index in [0.29, 0.717) is 19.8 Å². The molecule has 106 valence electrons. The van der Waals surface area contributed by atoms with Gasteiger partial charge in [0.05, 0.1) is 12.2 Å². The molecule has 0 atom stereocenters. The number of nitrogens with two attached hydrogens (primary N) is 1. The Hall–Kier alpha value is -1.06. The Kier molecular flexibility index (Phi) is 5.23. The van der Waals surface area contributed by atoms with Crippen molar-refractivity contribution in [3.8, 4) is 5.75 Å². The third kappa shape index (κ3) is 4.22. The van der Waals surface area contributed by atoms with Crippen LogP contribution in [0.1, 0.15) is 32.6 Å². The van der Waals surface area contributed by atoms with Crippen LogP contribution in [0.15, 0.2) is 30.3 Å². The Bertz CT molecular complexity index is 358. The van der Waals surface area contributed by atoms with Crippen LogP contribution in [-0.4, -0.2) is 25.4 Å². The molecule has 2 N–H and O–H groups in total. The van der Waals surface area contributed by atoms with E-state index in [1.165, 1.54) is 12.8 Å². The standard InChI is InChI=1S/C16H25NO2/c1-14-7-9-16(13-17,10-8-14)19-12-11-18-15-5-3-2-4-6-15/h2-6,14H,7-13,17H2,1H3. The monoisotopic (exact) mass is 263 g/mol. The maximum absolute atomic E-state index is 6.04. The zero-order valence-electron chi connectivity index (χ0n) is 11.8. The molecule has 0 bridgehead atoms. The summed E-state index contributed by atoms with van der Waals surface area (Å²) < 4.78 is 11.7. The first-order valence-corrected chi connectivity index (χ1v) is 7.26. The van der Waals surface area contributed by atoms with E-state index in [0.717, 1.165) is 24.5 Å². The van der Waals surface area contributed by atoms with Gasteiger partial charge in [0, 0.05) is 6.54 Å². The van der Waals surface area contributed by atoms with Crippen molar-refractivity contribution in [3.63, 3.8) is 0 Å². The predicted molar refractivity (Wildman–Crippen MR) is 77.3 cm³/mol. The van der Waals surface area contributed by atoms with Gasteiger partial charge in [0.25, 0.3) is 0 Å². The number of hydrogen-bond donors (Lipinski definition) is 1. The van der Waals surface area contributed by atoms with Gasteiger partial charge in [-0.2, -0.15) is 0 Å². The van der Waals surface area contributed by atoms with Gasteiger partial charge in [-0.05, 0) is 43.7 Å². The molecule has 1 aliphatic carbocycles. The SMILES string of the molecule is CC1CCC(CN)(OCCOc2ccccc2)CC1. The van der Waals surface area contributed by atoms with Gasteiger partial charge in [0.15, 0.2) is 0 Å². The maximum atomic E-state index is 6.04. The first kappa shape index (κ1) is 14.4. The predicted octanol–water partition coefficient (Wildman–Crippen LogP) is 2.99. The molecule has 0 saturated heterocycles. The van der Waals surface area contributed by atoms with Crippen molar-refractivity contribution in [1.82, 2.24) is 0 Å². The van der Waals surface area contributed by atoms with Crippen molar-refractivity contribution in [1.29, 1.82) is 0 Å². The van der Waals surface area contributed by atoms with Crippen molar-refractivity contribution in [2.45, 2.75) is 38.2 Å². The van der Waals surface area contributed by atoms with Crippen LogP contribution in [0.25, 0.3) is 0 Å². The topological polar surface area (TPSA) is 44.5 Å². The van der Waals surface area contributed by atoms with Gasteiger partial charge in [-0.25, -0.2) is 0 Å². The van der Waals surface area contributed by atoms with Crippen molar-refractivity contribution in [2.24, 2.45) is 11.7 Å². The van der Waals surface area contributed by atoms with Gasteiger partial charge in [-0.3, -0.25) is 0 Å². The lowest BCUT2D eigenvalue weighted by Crippen LogP contribution is -2.44. The second-order valence-electron chi connectivity index (χ2n) is 5.58. The summed E-state index contributed by atoms with van der Waals surface area (Å²) in [6.07, 6.45) is 4.60. The highest BCUT2D eigenvalue weighted by Crippen LogP contribution is 2.33. The molecule has 0 spiro atoms. The lowest BCUT2D eigenvalue weighted by atomic mass is 9.79. The van der Waals surface area contributed by atoms with Crippen molar-refractivity contribution < 1.29 is 9.47 Å². The van der Waals surface area contributed by atoms with E-state index in [1.807, 2.05) is 30.3 Å². The zero-order valence-corrected chi connectivity index (χ0v) is 11.8. The minimum atomic E-state index is -0.105. The smallest absolute Gasteiger partial charge is 0.119 e. The summed E-state index contributed by atoms with van der Waals surface area (Å²) in [5, 5.41) is 0. The van der Waals surface area contributed by atoms with Gasteiger partial charge in [0.2, 0.25) is 0 Å². The summed E-state index contributed by atoms with van der Waals surface area (Å²) in [4.78, 5) is 0. The van der Waals surface area contributed by atoms with Gasteiger partial charge < -0.3 is 15.2 Å². The number of benzene rings is 1. The molecule has 0 aliphatic heterocycles. The Morgan fingerprint density at radius 3 is 2.47 bits per heavy atom. The minimum absolute atomic E-state index is 0.105. The molecule has 1 aromatic carbocycles. The molecule has 3 nitrogen and oxygen atoms in total. The van der Waals surface area contributed by atoms with E-state index < -0.39 is 0 Å². The van der Waals surface area contributed by atoms with Gasteiger partial charge >= 0.3 is 0 Å². The Labute approximate surface area is 116 Å². The first-order chi connectivity index (χ1) is 9.24. The van der Waals surface area contributed by atoms with Crippen molar-refractivity contribution in [2.75, 3.05) is 19.8 Å². The van der Waals surface area contributed by atoms with Gasteiger partial charge in [0.1, 0.15) is 12.4 Å². The second-order valence-corrected chi connectivity index (χ2v) is 5.58. The normalized spacial score (nSPS) is 27.2. The average Bonchev–Trinajstić information content (AvgIpc) is 2.47. The van der Waals surface area contributed by atoms with E-state index in [1.54, 1.807) is 0 Å². The molecule has 0 amide bonds. The molecule has 1 aromatic rings. The molecule has 0 radical (unpaired) electrons. The fourth-order valence-corrected chi connectivity index (χ4v) is 2.63. The number of para-hydroxylation sites is 1. The zero-order chi connectivity index (χ0) is 13.6. The summed E-state index contributed by atoms with van der Waals surface area (Å²) in [6, 6.07) is 9.85. The fraction of sp³-hybridized carbons (Fsp3) is 0.625. The van der Waals surface area contributed by atoms with Gasteiger partial charge in [-0.1, -0.05) is 25.1 Å². The Balaban J connectivity index is 1.72. The van der Waals surface area contributed by atoms with Crippen LogP contribution in [0.5, 0.6) is 5.75 Å². The van der Waals surface area contributed by atoms with Crippen LogP contribution in [0.4, 0.5) is 0 Å². The van der Waals surface area contributed by atoms with E-state index in [4.69, 9.17) is 15.2 Å². The summed E-state index contributed by atoms with van der Waals surface area (Å²) >= 11 is 0. The van der Waals surface area contributed by atoms with Crippen LogP contribution in [0.3, 0.4) is 0 Å². The largest absolute Gasteiger partial charge is 0.491 e. The minimum Gasteiger partial charge on any atom is -0.491 e. The Morgan fingerprint density at radius 1 is 1.16 bits per heavy atom. The van der Waals surface area contributed by atoms with E-state index in [-0.39, 0.29) is 5.60 Å². The number of hydrogen-bond acceptors (Lipinski definition) is 3. The molecule has 19 heavy (non-hydrogen) atoms. The first-order valence-electron chi connectivity index (χ1n) is 7.26. The molecule has 0 unspecified atom stereocenters. The average molecular weight is 263 g/mol. The number of rotatable bonds is 6.